The van der Waals surface area contributed by atoms with E-state index in [1.54, 1.807) is 23.1 Å². The van der Waals surface area contributed by atoms with Gasteiger partial charge in [0.1, 0.15) is 11.9 Å². The Bertz CT molecular complexity index is 1050. The molecule has 2 fully saturated rings. The van der Waals surface area contributed by atoms with Crippen LogP contribution in [0.1, 0.15) is 48.9 Å². The highest BCUT2D eigenvalue weighted by molar-refractivity contribution is 6.23. The maximum absolute atomic E-state index is 13.7. The summed E-state index contributed by atoms with van der Waals surface area (Å²) in [5, 5.41) is 0. The van der Waals surface area contributed by atoms with Gasteiger partial charge in [0.05, 0.1) is 26.3 Å². The quantitative estimate of drug-likeness (QED) is 0.618. The number of hydrogen-bond donors (Lipinski definition) is 0. The topological polar surface area (TPSA) is 76.2 Å². The minimum atomic E-state index is -0.911. The molecule has 1 aliphatic carbocycles. The molecule has 2 aliphatic rings. The third-order valence-corrected chi connectivity index (χ3v) is 6.38. The Balaban J connectivity index is 1.69. The Kier molecular flexibility index (Phi) is 6.62. The number of carbonyl (C=O) groups excluding carboxylic acids is 3. The summed E-state index contributed by atoms with van der Waals surface area (Å²) in [6.07, 6.45) is 4.43. The number of methoxy groups -OCH3 is 2. The van der Waals surface area contributed by atoms with Crippen molar-refractivity contribution < 1.29 is 28.2 Å². The van der Waals surface area contributed by atoms with Gasteiger partial charge in [-0.3, -0.25) is 14.4 Å². The summed E-state index contributed by atoms with van der Waals surface area (Å²) in [6.45, 7) is 0. The lowest BCUT2D eigenvalue weighted by molar-refractivity contribution is -0.123. The van der Waals surface area contributed by atoms with Crippen molar-refractivity contribution in [2.45, 2.75) is 50.6 Å². The summed E-state index contributed by atoms with van der Waals surface area (Å²) in [5.41, 5.74) is 0.662. The van der Waals surface area contributed by atoms with E-state index in [1.807, 2.05) is 0 Å². The maximum Gasteiger partial charge on any atom is 0.257 e. The van der Waals surface area contributed by atoms with Crippen LogP contribution in [-0.2, 0) is 9.59 Å². The van der Waals surface area contributed by atoms with E-state index in [0.717, 1.165) is 37.0 Å². The predicted octanol–water partition coefficient (Wildman–Crippen LogP) is 3.95. The molecule has 3 amide bonds. The van der Waals surface area contributed by atoms with Crippen molar-refractivity contribution in [3.8, 4) is 11.5 Å². The fourth-order valence-electron chi connectivity index (χ4n) is 4.73. The van der Waals surface area contributed by atoms with Crippen LogP contribution in [0.5, 0.6) is 11.5 Å². The summed E-state index contributed by atoms with van der Waals surface area (Å²) >= 11 is 0. The SMILES string of the molecule is COc1ccc(C(=O)N(C2CCCCC2)C2CC(=O)N(c3ccc(F)cc3)C2=O)cc1OC. The van der Waals surface area contributed by atoms with Crippen molar-refractivity contribution in [3.05, 3.63) is 53.8 Å². The number of nitrogens with zero attached hydrogens (tertiary/aromatic N) is 2. The van der Waals surface area contributed by atoms with Gasteiger partial charge < -0.3 is 14.4 Å². The highest BCUT2D eigenvalue weighted by atomic mass is 19.1. The number of amides is 3. The zero-order valence-corrected chi connectivity index (χ0v) is 18.8. The first-order chi connectivity index (χ1) is 15.9. The number of rotatable bonds is 6. The van der Waals surface area contributed by atoms with Crippen molar-refractivity contribution in [1.82, 2.24) is 4.90 Å². The molecule has 1 saturated heterocycles. The maximum atomic E-state index is 13.7. The second-order valence-corrected chi connectivity index (χ2v) is 8.34. The van der Waals surface area contributed by atoms with Crippen molar-refractivity contribution >= 4 is 23.4 Å². The summed E-state index contributed by atoms with van der Waals surface area (Å²) in [4.78, 5) is 42.6. The van der Waals surface area contributed by atoms with Crippen LogP contribution in [-0.4, -0.2) is 48.9 Å². The lowest BCUT2D eigenvalue weighted by atomic mass is 9.92. The van der Waals surface area contributed by atoms with Gasteiger partial charge in [0, 0.05) is 11.6 Å². The van der Waals surface area contributed by atoms with Crippen LogP contribution in [0.15, 0.2) is 42.5 Å². The van der Waals surface area contributed by atoms with Gasteiger partial charge in [0.15, 0.2) is 11.5 Å². The van der Waals surface area contributed by atoms with Crippen LogP contribution < -0.4 is 14.4 Å². The molecule has 8 heteroatoms. The van der Waals surface area contributed by atoms with Crippen LogP contribution >= 0.6 is 0 Å². The lowest BCUT2D eigenvalue weighted by Gasteiger charge is -2.37. The van der Waals surface area contributed by atoms with E-state index in [1.165, 1.54) is 38.5 Å². The monoisotopic (exact) mass is 454 g/mol. The molecule has 4 rings (SSSR count). The van der Waals surface area contributed by atoms with E-state index in [9.17, 15) is 18.8 Å². The lowest BCUT2D eigenvalue weighted by Crippen LogP contribution is -2.51. The number of ether oxygens (including phenoxy) is 2. The standard InChI is InChI=1S/C25H27FN2O5/c1-32-21-13-8-16(14-22(21)33-2)24(30)27(18-6-4-3-5-7-18)20-15-23(29)28(25(20)31)19-11-9-17(26)10-12-19/h8-14,18,20H,3-7,15H2,1-2H3. The van der Waals surface area contributed by atoms with E-state index in [0.29, 0.717) is 22.7 Å². The third kappa shape index (κ3) is 4.42. The molecule has 1 heterocycles. The zero-order chi connectivity index (χ0) is 23.5. The van der Waals surface area contributed by atoms with Gasteiger partial charge in [0.2, 0.25) is 5.91 Å². The predicted molar refractivity (Wildman–Crippen MR) is 120 cm³/mol. The Morgan fingerprint density at radius 1 is 0.970 bits per heavy atom. The molecule has 0 N–H and O–H groups in total. The number of benzene rings is 2. The Morgan fingerprint density at radius 2 is 1.64 bits per heavy atom. The first kappa shape index (κ1) is 22.8. The van der Waals surface area contributed by atoms with Gasteiger partial charge >= 0.3 is 0 Å². The Labute approximate surface area is 192 Å². The van der Waals surface area contributed by atoms with Gasteiger partial charge in [-0.15, -0.1) is 0 Å². The molecule has 1 saturated carbocycles. The summed E-state index contributed by atoms with van der Waals surface area (Å²) in [5.74, 6) is -0.748. The van der Waals surface area contributed by atoms with Gasteiger partial charge in [-0.1, -0.05) is 19.3 Å². The Morgan fingerprint density at radius 3 is 2.27 bits per heavy atom. The summed E-state index contributed by atoms with van der Waals surface area (Å²) in [6, 6.07) is 9.03. The second-order valence-electron chi connectivity index (χ2n) is 8.34. The van der Waals surface area contributed by atoms with Crippen LogP contribution in [0.4, 0.5) is 10.1 Å². The number of halogens is 1. The number of imide groups is 1. The average molecular weight is 454 g/mol. The van der Waals surface area contributed by atoms with Crippen LogP contribution in [0.25, 0.3) is 0 Å². The molecule has 0 bridgehead atoms. The minimum Gasteiger partial charge on any atom is -0.493 e. The van der Waals surface area contributed by atoms with Gasteiger partial charge in [-0.2, -0.15) is 0 Å². The molecular formula is C25H27FN2O5. The molecule has 1 unspecified atom stereocenters. The van der Waals surface area contributed by atoms with Crippen molar-refractivity contribution in [2.75, 3.05) is 19.1 Å². The smallest absolute Gasteiger partial charge is 0.257 e. The first-order valence-corrected chi connectivity index (χ1v) is 11.1. The molecule has 0 aromatic heterocycles. The second kappa shape index (κ2) is 9.60. The largest absolute Gasteiger partial charge is 0.493 e. The van der Waals surface area contributed by atoms with E-state index in [2.05, 4.69) is 0 Å². The van der Waals surface area contributed by atoms with Crippen LogP contribution in [0, 0.1) is 5.82 Å². The van der Waals surface area contributed by atoms with E-state index in [-0.39, 0.29) is 18.4 Å². The zero-order valence-electron chi connectivity index (χ0n) is 18.8. The van der Waals surface area contributed by atoms with Crippen molar-refractivity contribution in [2.24, 2.45) is 0 Å². The molecular weight excluding hydrogens is 427 g/mol. The molecule has 0 radical (unpaired) electrons. The Hall–Kier alpha value is -3.42. The molecule has 1 atom stereocenters. The fraction of sp³-hybridized carbons (Fsp3) is 0.400. The highest BCUT2D eigenvalue weighted by Gasteiger charge is 2.46. The van der Waals surface area contributed by atoms with Crippen LogP contribution in [0.2, 0.25) is 0 Å². The van der Waals surface area contributed by atoms with Crippen LogP contribution in [0.3, 0.4) is 0 Å². The first-order valence-electron chi connectivity index (χ1n) is 11.1. The van der Waals surface area contributed by atoms with Gasteiger partial charge in [-0.25, -0.2) is 9.29 Å². The third-order valence-electron chi connectivity index (χ3n) is 6.38. The van der Waals surface area contributed by atoms with E-state index >= 15 is 0 Å². The fourth-order valence-corrected chi connectivity index (χ4v) is 4.73. The van der Waals surface area contributed by atoms with Gasteiger partial charge in [-0.05, 0) is 55.3 Å². The minimum absolute atomic E-state index is 0.105. The normalized spacial score (nSPS) is 19.0. The van der Waals surface area contributed by atoms with Crippen molar-refractivity contribution in [1.29, 1.82) is 0 Å². The number of carbonyl (C=O) groups is 3. The molecule has 0 spiro atoms. The van der Waals surface area contributed by atoms with Gasteiger partial charge in [0.25, 0.3) is 11.8 Å². The van der Waals surface area contributed by atoms with E-state index in [4.69, 9.17) is 9.47 Å². The number of hydrogen-bond acceptors (Lipinski definition) is 5. The van der Waals surface area contributed by atoms with E-state index < -0.39 is 23.7 Å². The molecule has 2 aromatic rings. The summed E-state index contributed by atoms with van der Waals surface area (Å²) in [7, 11) is 3.01. The molecule has 1 aliphatic heterocycles. The number of anilines is 1. The molecule has 7 nitrogen and oxygen atoms in total. The molecule has 174 valence electrons. The molecule has 33 heavy (non-hydrogen) atoms. The summed E-state index contributed by atoms with van der Waals surface area (Å²) < 4.78 is 24.0. The van der Waals surface area contributed by atoms with Crippen molar-refractivity contribution in [3.63, 3.8) is 0 Å². The highest BCUT2D eigenvalue weighted by Crippen LogP contribution is 2.34. The average Bonchev–Trinajstić information content (AvgIpc) is 3.13. The molecule has 2 aromatic carbocycles.